The van der Waals surface area contributed by atoms with Gasteiger partial charge in [-0.15, -0.1) is 11.8 Å². The Bertz CT molecular complexity index is 1150. The van der Waals surface area contributed by atoms with Gasteiger partial charge in [0, 0.05) is 21.5 Å². The van der Waals surface area contributed by atoms with Crippen molar-refractivity contribution in [3.05, 3.63) is 88.2 Å². The second-order valence-corrected chi connectivity index (χ2v) is 10.00. The zero-order valence-corrected chi connectivity index (χ0v) is 19.1. The number of nitrogens with one attached hydrogen (secondary N) is 2. The van der Waals surface area contributed by atoms with Crippen molar-refractivity contribution in [3.8, 4) is 0 Å². The first-order chi connectivity index (χ1) is 14.7. The number of amides is 1. The number of rotatable bonds is 8. The van der Waals surface area contributed by atoms with E-state index in [2.05, 4.69) is 10.0 Å². The van der Waals surface area contributed by atoms with Crippen molar-refractivity contribution in [3.63, 3.8) is 0 Å². The summed E-state index contributed by atoms with van der Waals surface area (Å²) >= 11 is 13.2. The quantitative estimate of drug-likeness (QED) is 0.411. The molecule has 0 saturated heterocycles. The first-order valence-corrected chi connectivity index (χ1v) is 12.3. The van der Waals surface area contributed by atoms with Crippen LogP contribution in [0.3, 0.4) is 0 Å². The number of hydrogen-bond acceptors (Lipinski definition) is 4. The van der Waals surface area contributed by atoms with Crippen LogP contribution in [0.25, 0.3) is 0 Å². The summed E-state index contributed by atoms with van der Waals surface area (Å²) in [7, 11) is -3.85. The zero-order valence-electron chi connectivity index (χ0n) is 15.9. The Labute approximate surface area is 194 Å². The molecule has 3 aromatic carbocycles. The predicted octanol–water partition coefficient (Wildman–Crippen LogP) is 5.81. The maximum atomic E-state index is 12.9. The van der Waals surface area contributed by atoms with Crippen molar-refractivity contribution in [2.24, 2.45) is 0 Å². The van der Waals surface area contributed by atoms with E-state index in [9.17, 15) is 17.6 Å². The summed E-state index contributed by atoms with van der Waals surface area (Å²) in [5.74, 6) is 0.247. The van der Waals surface area contributed by atoms with E-state index in [1.54, 1.807) is 12.1 Å². The van der Waals surface area contributed by atoms with Gasteiger partial charge >= 0.3 is 0 Å². The number of benzene rings is 3. The van der Waals surface area contributed by atoms with Gasteiger partial charge in [-0.05, 0) is 60.2 Å². The van der Waals surface area contributed by atoms with Crippen molar-refractivity contribution < 1.29 is 17.6 Å². The lowest BCUT2D eigenvalue weighted by Crippen LogP contribution is -2.15. The second kappa shape index (κ2) is 10.4. The fourth-order valence-electron chi connectivity index (χ4n) is 2.58. The summed E-state index contributed by atoms with van der Waals surface area (Å²) in [6, 6.07) is 16.3. The molecule has 0 saturated carbocycles. The smallest absolute Gasteiger partial charge is 0.261 e. The molecule has 10 heteroatoms. The Kier molecular flexibility index (Phi) is 7.83. The minimum absolute atomic E-state index is 0.0206. The van der Waals surface area contributed by atoms with E-state index in [-0.39, 0.29) is 28.1 Å². The third kappa shape index (κ3) is 7.14. The number of sulfonamides is 1. The largest absolute Gasteiger partial charge is 0.325 e. The van der Waals surface area contributed by atoms with E-state index in [0.717, 1.165) is 5.56 Å². The van der Waals surface area contributed by atoms with Crippen LogP contribution in [0.4, 0.5) is 15.8 Å². The Morgan fingerprint density at radius 2 is 1.52 bits per heavy atom. The molecule has 0 bridgehead atoms. The van der Waals surface area contributed by atoms with Crippen LogP contribution in [0.2, 0.25) is 10.0 Å². The molecule has 0 aliphatic rings. The van der Waals surface area contributed by atoms with Crippen LogP contribution in [0.1, 0.15) is 5.56 Å². The lowest BCUT2D eigenvalue weighted by molar-refractivity contribution is -0.113. The fourth-order valence-corrected chi connectivity index (χ4v) is 4.94. The van der Waals surface area contributed by atoms with Crippen LogP contribution in [-0.4, -0.2) is 20.1 Å². The van der Waals surface area contributed by atoms with E-state index in [1.165, 1.54) is 66.4 Å². The molecule has 0 unspecified atom stereocenters. The summed E-state index contributed by atoms with van der Waals surface area (Å²) in [6.07, 6.45) is 0. The average molecular weight is 499 g/mol. The summed E-state index contributed by atoms with van der Waals surface area (Å²) in [5, 5.41) is 3.32. The maximum Gasteiger partial charge on any atom is 0.261 e. The van der Waals surface area contributed by atoms with Gasteiger partial charge in [0.15, 0.2) is 0 Å². The van der Waals surface area contributed by atoms with Crippen LogP contribution in [0, 0.1) is 5.82 Å². The van der Waals surface area contributed by atoms with Gasteiger partial charge in [0.05, 0.1) is 16.3 Å². The Morgan fingerprint density at radius 3 is 2.13 bits per heavy atom. The molecule has 0 atom stereocenters. The van der Waals surface area contributed by atoms with Crippen LogP contribution in [0.5, 0.6) is 0 Å². The number of carbonyl (C=O) groups is 1. The number of anilines is 2. The van der Waals surface area contributed by atoms with Gasteiger partial charge in [-0.1, -0.05) is 35.3 Å². The van der Waals surface area contributed by atoms with E-state index in [4.69, 9.17) is 23.2 Å². The molecule has 31 heavy (non-hydrogen) atoms. The van der Waals surface area contributed by atoms with Gasteiger partial charge in [-0.25, -0.2) is 12.8 Å². The van der Waals surface area contributed by atoms with Gasteiger partial charge in [0.1, 0.15) is 5.82 Å². The van der Waals surface area contributed by atoms with Crippen molar-refractivity contribution in [2.45, 2.75) is 10.6 Å². The molecule has 0 fully saturated rings. The molecule has 1 amide bonds. The maximum absolute atomic E-state index is 12.9. The predicted molar refractivity (Wildman–Crippen MR) is 125 cm³/mol. The van der Waals surface area contributed by atoms with E-state index >= 15 is 0 Å². The number of halogens is 3. The molecular weight excluding hydrogens is 482 g/mol. The molecule has 0 aliphatic carbocycles. The van der Waals surface area contributed by atoms with Crippen LogP contribution < -0.4 is 10.0 Å². The van der Waals surface area contributed by atoms with Crippen LogP contribution in [-0.2, 0) is 20.6 Å². The van der Waals surface area contributed by atoms with E-state index in [0.29, 0.717) is 21.5 Å². The Balaban J connectivity index is 1.55. The monoisotopic (exact) mass is 498 g/mol. The molecule has 0 spiro atoms. The summed E-state index contributed by atoms with van der Waals surface area (Å²) in [4.78, 5) is 12.1. The van der Waals surface area contributed by atoms with Crippen molar-refractivity contribution >= 4 is 62.3 Å². The highest BCUT2D eigenvalue weighted by Crippen LogP contribution is 2.25. The second-order valence-electron chi connectivity index (χ2n) is 6.46. The van der Waals surface area contributed by atoms with Crippen LogP contribution in [0.15, 0.2) is 71.6 Å². The minimum Gasteiger partial charge on any atom is -0.325 e. The highest BCUT2D eigenvalue weighted by molar-refractivity contribution is 7.99. The fraction of sp³-hybridized carbons (Fsp3) is 0.0952. The molecule has 3 rings (SSSR count). The van der Waals surface area contributed by atoms with Gasteiger partial charge in [-0.2, -0.15) is 0 Å². The van der Waals surface area contributed by atoms with Gasteiger partial charge in [-0.3, -0.25) is 9.52 Å². The molecule has 3 aromatic rings. The average Bonchev–Trinajstić information content (AvgIpc) is 2.69. The highest BCUT2D eigenvalue weighted by atomic mass is 35.5. The number of thioether (sulfide) groups is 1. The molecule has 0 aromatic heterocycles. The third-order valence-corrected chi connectivity index (χ3v) is 6.82. The summed E-state index contributed by atoms with van der Waals surface area (Å²) in [5.41, 5.74) is 1.63. The van der Waals surface area contributed by atoms with Gasteiger partial charge in [0.25, 0.3) is 10.0 Å². The Morgan fingerprint density at radius 1 is 0.903 bits per heavy atom. The normalized spacial score (nSPS) is 11.2. The number of hydrogen-bond donors (Lipinski definition) is 2. The standard InChI is InChI=1S/C21H17Cl2FN2O3S2/c22-15-9-16(23)11-19(10-15)26-31(28,29)20-7-5-18(6-8-20)25-21(27)13-30-12-14-1-3-17(24)4-2-14/h1-11,26H,12-13H2,(H,25,27). The first-order valence-electron chi connectivity index (χ1n) is 8.92. The third-order valence-electron chi connectivity index (χ3n) is 3.98. The van der Waals surface area contributed by atoms with E-state index in [1.807, 2.05) is 0 Å². The molecular formula is C21H17Cl2FN2O3S2. The molecule has 0 heterocycles. The molecule has 0 radical (unpaired) electrons. The van der Waals surface area contributed by atoms with Crippen LogP contribution >= 0.6 is 35.0 Å². The molecule has 0 aliphatic heterocycles. The molecule has 162 valence electrons. The van der Waals surface area contributed by atoms with E-state index < -0.39 is 10.0 Å². The first kappa shape index (κ1) is 23.4. The molecule has 5 nitrogen and oxygen atoms in total. The van der Waals surface area contributed by atoms with Gasteiger partial charge in [0.2, 0.25) is 5.91 Å². The zero-order chi connectivity index (χ0) is 22.4. The van der Waals surface area contributed by atoms with Crippen molar-refractivity contribution in [2.75, 3.05) is 15.8 Å². The highest BCUT2D eigenvalue weighted by Gasteiger charge is 2.15. The molecule has 2 N–H and O–H groups in total. The Hall–Kier alpha value is -2.26. The van der Waals surface area contributed by atoms with Gasteiger partial charge < -0.3 is 5.32 Å². The van der Waals surface area contributed by atoms with Crippen molar-refractivity contribution in [1.29, 1.82) is 0 Å². The lowest BCUT2D eigenvalue weighted by atomic mass is 10.2. The summed E-state index contributed by atoms with van der Waals surface area (Å²) in [6.45, 7) is 0. The summed E-state index contributed by atoms with van der Waals surface area (Å²) < 4.78 is 40.4. The minimum atomic E-state index is -3.85. The van der Waals surface area contributed by atoms with Crippen molar-refractivity contribution in [1.82, 2.24) is 0 Å². The SMILES string of the molecule is O=C(CSCc1ccc(F)cc1)Nc1ccc(S(=O)(=O)Nc2cc(Cl)cc(Cl)c2)cc1. The number of carbonyl (C=O) groups excluding carboxylic acids is 1. The topological polar surface area (TPSA) is 75.3 Å². The lowest BCUT2D eigenvalue weighted by Gasteiger charge is -2.10.